The summed E-state index contributed by atoms with van der Waals surface area (Å²) in [6, 6.07) is 1.89. The molecule has 0 aliphatic carbocycles. The van der Waals surface area contributed by atoms with Crippen molar-refractivity contribution < 1.29 is 0 Å². The van der Waals surface area contributed by atoms with E-state index in [1.54, 1.807) is 22.2 Å². The first-order valence-corrected chi connectivity index (χ1v) is 8.47. The molecule has 4 aromatic heterocycles. The van der Waals surface area contributed by atoms with E-state index < -0.39 is 0 Å². The molecule has 4 aromatic rings. The van der Waals surface area contributed by atoms with Gasteiger partial charge in [0.25, 0.3) is 5.56 Å². The Labute approximate surface area is 140 Å². The van der Waals surface area contributed by atoms with Gasteiger partial charge in [-0.05, 0) is 13.0 Å². The van der Waals surface area contributed by atoms with Gasteiger partial charge in [-0.3, -0.25) is 9.48 Å². The van der Waals surface area contributed by atoms with Crippen molar-refractivity contribution in [2.45, 2.75) is 19.3 Å². The van der Waals surface area contributed by atoms with Gasteiger partial charge in [-0.2, -0.15) is 10.2 Å². The first-order chi connectivity index (χ1) is 11.1. The Bertz CT molecular complexity index is 1090. The van der Waals surface area contributed by atoms with Crippen LogP contribution in [-0.2, 0) is 19.5 Å². The molecule has 0 N–H and O–H groups in total. The number of fused-ring (bicyclic) bond motifs is 3. The molecule has 0 aliphatic heterocycles. The van der Waals surface area contributed by atoms with Gasteiger partial charge in [-0.1, -0.05) is 0 Å². The second kappa shape index (κ2) is 5.21. The molecule has 23 heavy (non-hydrogen) atoms. The number of alkyl halides is 1. The zero-order valence-electron chi connectivity index (χ0n) is 12.7. The zero-order valence-corrected chi connectivity index (χ0v) is 14.2. The molecule has 0 atom stereocenters. The lowest BCUT2D eigenvalue weighted by Crippen LogP contribution is -2.23. The standard InChI is InChI=1S/C15H14ClN5OS/c1-9-13-12(15-20(9)8-11(5-16)23-15)6-17-21(14(13)22)7-10-3-4-19(2)18-10/h3-4,6,8H,5,7H2,1-2H3. The molecule has 0 saturated heterocycles. The van der Waals surface area contributed by atoms with Crippen LogP contribution in [0.2, 0.25) is 0 Å². The van der Waals surface area contributed by atoms with Crippen LogP contribution in [0.5, 0.6) is 0 Å². The second-order valence-corrected chi connectivity index (χ2v) is 6.85. The normalized spacial score (nSPS) is 11.8. The molecule has 0 fully saturated rings. The second-order valence-electron chi connectivity index (χ2n) is 5.47. The summed E-state index contributed by atoms with van der Waals surface area (Å²) >= 11 is 7.51. The van der Waals surface area contributed by atoms with Gasteiger partial charge in [0.05, 0.1) is 29.7 Å². The summed E-state index contributed by atoms with van der Waals surface area (Å²) in [7, 11) is 1.85. The number of aryl methyl sites for hydroxylation is 2. The van der Waals surface area contributed by atoms with Crippen LogP contribution in [0.15, 0.2) is 29.5 Å². The van der Waals surface area contributed by atoms with Crippen molar-refractivity contribution in [2.24, 2.45) is 7.05 Å². The van der Waals surface area contributed by atoms with Crippen LogP contribution in [0, 0.1) is 6.92 Å². The minimum atomic E-state index is -0.0889. The summed E-state index contributed by atoms with van der Waals surface area (Å²) in [5.41, 5.74) is 1.64. The molecule has 8 heteroatoms. The summed E-state index contributed by atoms with van der Waals surface area (Å²) in [4.78, 5) is 14.9. The molecule has 4 rings (SSSR count). The van der Waals surface area contributed by atoms with E-state index in [4.69, 9.17) is 11.6 Å². The van der Waals surface area contributed by atoms with Gasteiger partial charge in [0.2, 0.25) is 0 Å². The third kappa shape index (κ3) is 2.19. The van der Waals surface area contributed by atoms with Gasteiger partial charge < -0.3 is 4.40 Å². The lowest BCUT2D eigenvalue weighted by atomic mass is 10.2. The molecule has 6 nitrogen and oxygen atoms in total. The van der Waals surface area contributed by atoms with E-state index in [-0.39, 0.29) is 5.56 Å². The Morgan fingerprint density at radius 2 is 2.22 bits per heavy atom. The lowest BCUT2D eigenvalue weighted by molar-refractivity contribution is 0.621. The Balaban J connectivity index is 1.91. The van der Waals surface area contributed by atoms with Crippen molar-refractivity contribution in [1.82, 2.24) is 24.0 Å². The van der Waals surface area contributed by atoms with E-state index in [9.17, 15) is 4.79 Å². The van der Waals surface area contributed by atoms with Crippen LogP contribution in [0.3, 0.4) is 0 Å². The molecule has 0 saturated carbocycles. The van der Waals surface area contributed by atoms with Gasteiger partial charge in [-0.25, -0.2) is 4.68 Å². The number of hydrogen-bond donors (Lipinski definition) is 0. The van der Waals surface area contributed by atoms with Crippen LogP contribution < -0.4 is 5.56 Å². The summed E-state index contributed by atoms with van der Waals surface area (Å²) < 4.78 is 5.21. The zero-order chi connectivity index (χ0) is 16.1. The van der Waals surface area contributed by atoms with E-state index in [1.165, 1.54) is 4.68 Å². The molecule has 0 unspecified atom stereocenters. The van der Waals surface area contributed by atoms with Crippen molar-refractivity contribution >= 4 is 38.5 Å². The number of halogens is 1. The van der Waals surface area contributed by atoms with Crippen molar-refractivity contribution in [3.8, 4) is 0 Å². The molecule has 0 aromatic carbocycles. The Kier molecular flexibility index (Phi) is 3.28. The maximum Gasteiger partial charge on any atom is 0.276 e. The number of thiazole rings is 1. The van der Waals surface area contributed by atoms with Crippen molar-refractivity contribution in [2.75, 3.05) is 0 Å². The first-order valence-electron chi connectivity index (χ1n) is 7.12. The highest BCUT2D eigenvalue weighted by atomic mass is 35.5. The van der Waals surface area contributed by atoms with E-state index >= 15 is 0 Å². The summed E-state index contributed by atoms with van der Waals surface area (Å²) in [5.74, 6) is 0.470. The fourth-order valence-electron chi connectivity index (χ4n) is 2.83. The maximum atomic E-state index is 12.8. The van der Waals surface area contributed by atoms with E-state index in [0.717, 1.165) is 26.5 Å². The number of aromatic nitrogens is 5. The molecule has 118 valence electrons. The number of nitrogens with zero attached hydrogens (tertiary/aromatic N) is 5. The maximum absolute atomic E-state index is 12.8. The molecule has 4 heterocycles. The predicted octanol–water partition coefficient (Wildman–Crippen LogP) is 2.54. The summed E-state index contributed by atoms with van der Waals surface area (Å²) in [6.45, 7) is 2.32. The molecule has 0 bridgehead atoms. The monoisotopic (exact) mass is 347 g/mol. The van der Waals surface area contributed by atoms with Crippen LogP contribution >= 0.6 is 22.9 Å². The lowest BCUT2D eigenvalue weighted by Gasteiger charge is -2.02. The average Bonchev–Trinajstić information content (AvgIpc) is 3.19. The number of rotatable bonds is 3. The van der Waals surface area contributed by atoms with Gasteiger partial charge in [0, 0.05) is 35.4 Å². The van der Waals surface area contributed by atoms with Crippen molar-refractivity contribution in [1.29, 1.82) is 0 Å². The average molecular weight is 348 g/mol. The molecule has 0 radical (unpaired) electrons. The molecular weight excluding hydrogens is 334 g/mol. The van der Waals surface area contributed by atoms with Gasteiger partial charge in [0.15, 0.2) is 0 Å². The highest BCUT2D eigenvalue weighted by Crippen LogP contribution is 2.30. The topological polar surface area (TPSA) is 57.1 Å². The molecule has 0 amide bonds. The van der Waals surface area contributed by atoms with Crippen LogP contribution in [0.1, 0.15) is 16.3 Å². The van der Waals surface area contributed by atoms with Gasteiger partial charge in [-0.15, -0.1) is 22.9 Å². The van der Waals surface area contributed by atoms with E-state index in [1.807, 2.05) is 36.8 Å². The Morgan fingerprint density at radius 1 is 1.39 bits per heavy atom. The molecule has 0 spiro atoms. The van der Waals surface area contributed by atoms with Crippen LogP contribution in [-0.4, -0.2) is 24.0 Å². The SMILES string of the molecule is Cc1c2c(=O)n(Cc3ccn(C)n3)ncc2c2sc(CCl)cn12. The summed E-state index contributed by atoms with van der Waals surface area (Å²) in [5, 5.41) is 10.2. The fourth-order valence-corrected chi connectivity index (χ4v) is 4.08. The largest absolute Gasteiger partial charge is 0.310 e. The highest BCUT2D eigenvalue weighted by molar-refractivity contribution is 7.18. The smallest absolute Gasteiger partial charge is 0.276 e. The Hall–Kier alpha value is -2.12. The third-order valence-electron chi connectivity index (χ3n) is 3.93. The van der Waals surface area contributed by atoms with E-state index in [0.29, 0.717) is 17.8 Å². The summed E-state index contributed by atoms with van der Waals surface area (Å²) in [6.07, 6.45) is 5.60. The highest BCUT2D eigenvalue weighted by Gasteiger charge is 2.17. The minimum Gasteiger partial charge on any atom is -0.310 e. The quantitative estimate of drug-likeness (QED) is 0.535. The fraction of sp³-hybridized carbons (Fsp3) is 0.267. The number of hydrogen-bond acceptors (Lipinski definition) is 4. The molecular formula is C15H14ClN5OS. The van der Waals surface area contributed by atoms with Crippen molar-refractivity contribution in [3.63, 3.8) is 0 Å². The Morgan fingerprint density at radius 3 is 2.91 bits per heavy atom. The van der Waals surface area contributed by atoms with Gasteiger partial charge >= 0.3 is 0 Å². The van der Waals surface area contributed by atoms with Crippen molar-refractivity contribution in [3.05, 3.63) is 51.3 Å². The van der Waals surface area contributed by atoms with Crippen LogP contribution in [0.4, 0.5) is 0 Å². The van der Waals surface area contributed by atoms with E-state index in [2.05, 4.69) is 10.2 Å². The molecule has 0 aliphatic rings. The van der Waals surface area contributed by atoms with Gasteiger partial charge in [0.1, 0.15) is 4.83 Å². The predicted molar refractivity (Wildman–Crippen MR) is 91.4 cm³/mol. The first kappa shape index (κ1) is 14.5. The minimum absolute atomic E-state index is 0.0889. The van der Waals surface area contributed by atoms with Crippen LogP contribution in [0.25, 0.3) is 15.6 Å². The third-order valence-corrected chi connectivity index (χ3v) is 5.50.